The Kier molecular flexibility index (Phi) is 7.47. The van der Waals surface area contributed by atoms with Crippen LogP contribution < -0.4 is 18.9 Å². The zero-order valence-corrected chi connectivity index (χ0v) is 19.0. The smallest absolute Gasteiger partial charge is 0.265 e. The first-order chi connectivity index (χ1) is 14.4. The molecular weight excluding hydrogens is 446 g/mol. The quantitative estimate of drug-likeness (QED) is 0.319. The number of halogens is 1. The predicted molar refractivity (Wildman–Crippen MR) is 123 cm³/mol. The fourth-order valence-electron chi connectivity index (χ4n) is 2.65. The van der Waals surface area contributed by atoms with Gasteiger partial charge in [0.2, 0.25) is 0 Å². The molecule has 0 atom stereocenters. The van der Waals surface area contributed by atoms with Gasteiger partial charge in [0.25, 0.3) is 5.91 Å². The molecule has 1 aliphatic heterocycles. The van der Waals surface area contributed by atoms with Gasteiger partial charge in [-0.3, -0.25) is 9.69 Å². The normalized spacial score (nSPS) is 14.9. The van der Waals surface area contributed by atoms with Gasteiger partial charge in [-0.05, 0) is 35.9 Å². The molecule has 6 nitrogen and oxygen atoms in total. The maximum absolute atomic E-state index is 12.2. The molecule has 9 heteroatoms. The molecule has 0 aromatic heterocycles. The average Bonchev–Trinajstić information content (AvgIpc) is 2.98. The van der Waals surface area contributed by atoms with Gasteiger partial charge in [0.1, 0.15) is 29.0 Å². The topological polar surface area (TPSA) is 57.2 Å². The van der Waals surface area contributed by atoms with Gasteiger partial charge >= 0.3 is 0 Å². The Balaban J connectivity index is 1.67. The number of rotatable bonds is 8. The van der Waals surface area contributed by atoms with E-state index in [1.807, 2.05) is 18.2 Å². The van der Waals surface area contributed by atoms with Crippen LogP contribution in [0.3, 0.4) is 0 Å². The van der Waals surface area contributed by atoms with E-state index in [4.69, 9.17) is 42.8 Å². The van der Waals surface area contributed by atoms with Gasteiger partial charge in [0.05, 0.1) is 24.1 Å². The molecular formula is C21H20ClNO5S2. The highest BCUT2D eigenvalue weighted by molar-refractivity contribution is 8.26. The zero-order chi connectivity index (χ0) is 21.7. The zero-order valence-electron chi connectivity index (χ0n) is 16.6. The standard InChI is InChI=1S/C21H20ClNO5S2/c1-23-20(24)18(30-21(23)29)11-13-9-16(22)19(17(10-13)26-3)28-8-7-27-15-6-4-5-14(12-15)25-2/h4-6,9-12H,7-8H2,1-3H3/b18-11-. The number of thiocarbonyl (C=S) groups is 1. The van der Waals surface area contributed by atoms with Gasteiger partial charge in [0, 0.05) is 13.1 Å². The van der Waals surface area contributed by atoms with Gasteiger partial charge in [-0.25, -0.2) is 0 Å². The number of amides is 1. The molecule has 0 spiro atoms. The molecule has 0 bridgehead atoms. The third kappa shape index (κ3) is 5.19. The molecule has 0 aliphatic carbocycles. The molecule has 30 heavy (non-hydrogen) atoms. The number of carbonyl (C=O) groups is 1. The molecule has 2 aromatic rings. The summed E-state index contributed by atoms with van der Waals surface area (Å²) in [5.41, 5.74) is 0.714. The number of likely N-dealkylation sites (N-methyl/N-ethyl adjacent to an activating group) is 1. The Morgan fingerprint density at radius 2 is 1.83 bits per heavy atom. The molecule has 1 saturated heterocycles. The lowest BCUT2D eigenvalue weighted by Gasteiger charge is -2.14. The van der Waals surface area contributed by atoms with Crippen LogP contribution in [-0.2, 0) is 4.79 Å². The highest BCUT2D eigenvalue weighted by Crippen LogP contribution is 2.38. The maximum atomic E-state index is 12.2. The summed E-state index contributed by atoms with van der Waals surface area (Å²) >= 11 is 12.8. The first-order valence-electron chi connectivity index (χ1n) is 8.91. The Morgan fingerprint density at radius 3 is 2.50 bits per heavy atom. The van der Waals surface area contributed by atoms with Crippen LogP contribution in [0.5, 0.6) is 23.0 Å². The van der Waals surface area contributed by atoms with Crippen molar-refractivity contribution in [2.75, 3.05) is 34.5 Å². The number of methoxy groups -OCH3 is 2. The predicted octanol–water partition coefficient (Wildman–Crippen LogP) is 4.65. The number of carbonyl (C=O) groups excluding carboxylic acids is 1. The number of benzene rings is 2. The number of nitrogens with zero attached hydrogens (tertiary/aromatic N) is 1. The van der Waals surface area contributed by atoms with Crippen molar-refractivity contribution < 1.29 is 23.7 Å². The fraction of sp³-hybridized carbons (Fsp3) is 0.238. The highest BCUT2D eigenvalue weighted by Gasteiger charge is 2.28. The Labute approximate surface area is 189 Å². The van der Waals surface area contributed by atoms with Crippen molar-refractivity contribution >= 4 is 51.9 Å². The molecule has 0 radical (unpaired) electrons. The SMILES string of the molecule is COc1cccc(OCCOc2c(Cl)cc(/C=C3\SC(=S)N(C)C3=O)cc2OC)c1. The second-order valence-corrected chi connectivity index (χ2v) is 8.23. The number of thioether (sulfide) groups is 1. The van der Waals surface area contributed by atoms with Crippen molar-refractivity contribution in [1.29, 1.82) is 0 Å². The molecule has 1 aliphatic rings. The van der Waals surface area contributed by atoms with E-state index < -0.39 is 0 Å². The Hall–Kier alpha value is -2.42. The molecule has 2 aromatic carbocycles. The van der Waals surface area contributed by atoms with Crippen molar-refractivity contribution in [1.82, 2.24) is 4.90 Å². The van der Waals surface area contributed by atoms with Crippen LogP contribution in [0.25, 0.3) is 6.08 Å². The lowest BCUT2D eigenvalue weighted by Crippen LogP contribution is -2.22. The molecule has 0 unspecified atom stereocenters. The molecule has 158 valence electrons. The van der Waals surface area contributed by atoms with Crippen molar-refractivity contribution in [3.8, 4) is 23.0 Å². The molecule has 1 amide bonds. The molecule has 1 heterocycles. The summed E-state index contributed by atoms with van der Waals surface area (Å²) in [5, 5.41) is 0.369. The van der Waals surface area contributed by atoms with E-state index in [1.54, 1.807) is 38.4 Å². The van der Waals surface area contributed by atoms with Crippen molar-refractivity contribution in [3.05, 3.63) is 51.9 Å². The number of hydrogen-bond donors (Lipinski definition) is 0. The van der Waals surface area contributed by atoms with Crippen LogP contribution in [0.2, 0.25) is 5.02 Å². The summed E-state index contributed by atoms with van der Waals surface area (Å²) in [6, 6.07) is 10.8. The van der Waals surface area contributed by atoms with E-state index in [-0.39, 0.29) is 12.5 Å². The highest BCUT2D eigenvalue weighted by atomic mass is 35.5. The van der Waals surface area contributed by atoms with E-state index in [1.165, 1.54) is 23.8 Å². The summed E-state index contributed by atoms with van der Waals surface area (Å²) in [6.45, 7) is 0.578. The van der Waals surface area contributed by atoms with E-state index >= 15 is 0 Å². The Morgan fingerprint density at radius 1 is 1.10 bits per heavy atom. The maximum Gasteiger partial charge on any atom is 0.265 e. The summed E-state index contributed by atoms with van der Waals surface area (Å²) in [5.74, 6) is 2.12. The van der Waals surface area contributed by atoms with E-state index in [0.717, 1.165) is 0 Å². The average molecular weight is 466 g/mol. The molecule has 3 rings (SSSR count). The van der Waals surface area contributed by atoms with E-state index in [2.05, 4.69) is 0 Å². The largest absolute Gasteiger partial charge is 0.497 e. The van der Waals surface area contributed by atoms with Gasteiger partial charge in [-0.2, -0.15) is 0 Å². The van der Waals surface area contributed by atoms with Crippen LogP contribution in [0, 0.1) is 0 Å². The van der Waals surface area contributed by atoms with Gasteiger partial charge < -0.3 is 18.9 Å². The van der Waals surface area contributed by atoms with Crippen molar-refractivity contribution in [2.45, 2.75) is 0 Å². The summed E-state index contributed by atoms with van der Waals surface area (Å²) < 4.78 is 22.6. The summed E-state index contributed by atoms with van der Waals surface area (Å²) in [7, 11) is 4.78. The first-order valence-corrected chi connectivity index (χ1v) is 10.5. The number of hydrogen-bond acceptors (Lipinski definition) is 7. The van der Waals surface area contributed by atoms with Gasteiger partial charge in [-0.15, -0.1) is 0 Å². The third-order valence-electron chi connectivity index (χ3n) is 4.18. The van der Waals surface area contributed by atoms with Crippen LogP contribution in [0.15, 0.2) is 41.3 Å². The van der Waals surface area contributed by atoms with Crippen LogP contribution in [0.1, 0.15) is 5.56 Å². The van der Waals surface area contributed by atoms with E-state index in [9.17, 15) is 4.79 Å². The van der Waals surface area contributed by atoms with Crippen LogP contribution >= 0.6 is 35.6 Å². The summed E-state index contributed by atoms with van der Waals surface area (Å²) in [6.07, 6.45) is 1.73. The third-order valence-corrected chi connectivity index (χ3v) is 5.94. The van der Waals surface area contributed by atoms with Gasteiger partial charge in [-0.1, -0.05) is 41.6 Å². The second-order valence-electron chi connectivity index (χ2n) is 6.15. The molecule has 0 saturated carbocycles. The van der Waals surface area contributed by atoms with E-state index in [0.29, 0.717) is 49.4 Å². The first kappa shape index (κ1) is 22.3. The number of ether oxygens (including phenoxy) is 4. The van der Waals surface area contributed by atoms with Crippen molar-refractivity contribution in [3.63, 3.8) is 0 Å². The van der Waals surface area contributed by atoms with Gasteiger partial charge in [0.15, 0.2) is 11.5 Å². The molecule has 1 fully saturated rings. The minimum atomic E-state index is -0.143. The minimum Gasteiger partial charge on any atom is -0.497 e. The summed E-state index contributed by atoms with van der Waals surface area (Å²) in [4.78, 5) is 14.2. The van der Waals surface area contributed by atoms with Crippen LogP contribution in [-0.4, -0.2) is 49.6 Å². The minimum absolute atomic E-state index is 0.143. The van der Waals surface area contributed by atoms with Crippen molar-refractivity contribution in [2.24, 2.45) is 0 Å². The second kappa shape index (κ2) is 10.1. The Bertz CT molecular complexity index is 995. The monoisotopic (exact) mass is 465 g/mol. The lowest BCUT2D eigenvalue weighted by molar-refractivity contribution is -0.121. The molecule has 0 N–H and O–H groups in total. The van der Waals surface area contributed by atoms with Crippen LogP contribution in [0.4, 0.5) is 0 Å². The lowest BCUT2D eigenvalue weighted by atomic mass is 10.2. The fourth-order valence-corrected chi connectivity index (χ4v) is 4.11.